The fourth-order valence-electron chi connectivity index (χ4n) is 4.03. The Morgan fingerprint density at radius 3 is 2.72 bits per heavy atom. The van der Waals surface area contributed by atoms with E-state index in [1.54, 1.807) is 19.2 Å². The van der Waals surface area contributed by atoms with Crippen molar-refractivity contribution in [2.75, 3.05) is 20.1 Å². The predicted molar refractivity (Wildman–Crippen MR) is 115 cm³/mol. The fraction of sp³-hybridized carbons (Fsp3) is 0.455. The van der Waals surface area contributed by atoms with Gasteiger partial charge in [0.15, 0.2) is 5.96 Å². The Morgan fingerprint density at radius 2 is 2.03 bits per heavy atom. The van der Waals surface area contributed by atoms with E-state index in [4.69, 9.17) is 11.6 Å². The highest BCUT2D eigenvalue weighted by atomic mass is 35.5. The molecule has 0 bridgehead atoms. The minimum atomic E-state index is -0.227. The van der Waals surface area contributed by atoms with E-state index in [1.165, 1.54) is 6.07 Å². The van der Waals surface area contributed by atoms with Gasteiger partial charge >= 0.3 is 0 Å². The summed E-state index contributed by atoms with van der Waals surface area (Å²) in [5, 5.41) is 7.47. The molecule has 154 valence electrons. The molecule has 2 aliphatic rings. The summed E-state index contributed by atoms with van der Waals surface area (Å²) in [6.07, 6.45) is 4.82. The van der Waals surface area contributed by atoms with Crippen molar-refractivity contribution in [3.05, 3.63) is 64.7 Å². The maximum absolute atomic E-state index is 14.1. The van der Waals surface area contributed by atoms with Gasteiger partial charge in [-0.3, -0.25) is 14.9 Å². The molecule has 0 radical (unpaired) electrons. The summed E-state index contributed by atoms with van der Waals surface area (Å²) in [5.41, 5.74) is 1.73. The molecular weight excluding hydrogens is 389 g/mol. The number of hydrogen-bond acceptors (Lipinski definition) is 3. The van der Waals surface area contributed by atoms with Gasteiger partial charge in [-0.05, 0) is 43.5 Å². The van der Waals surface area contributed by atoms with Crippen molar-refractivity contribution in [3.8, 4) is 0 Å². The summed E-state index contributed by atoms with van der Waals surface area (Å²) in [6.45, 7) is 2.96. The Balaban J connectivity index is 1.25. The quantitative estimate of drug-likeness (QED) is 0.579. The van der Waals surface area contributed by atoms with Gasteiger partial charge in [-0.2, -0.15) is 0 Å². The minimum absolute atomic E-state index is 0.0995. The highest BCUT2D eigenvalue weighted by molar-refractivity contribution is 6.31. The molecule has 2 aromatic rings. The monoisotopic (exact) mass is 415 g/mol. The largest absolute Gasteiger partial charge is 0.354 e. The van der Waals surface area contributed by atoms with Crippen LogP contribution in [0.3, 0.4) is 0 Å². The number of nitrogens with one attached hydrogen (secondary N) is 2. The van der Waals surface area contributed by atoms with Crippen LogP contribution in [0, 0.1) is 5.82 Å². The molecule has 1 aromatic heterocycles. The molecular formula is C22H27ClFN5. The number of halogens is 2. The van der Waals surface area contributed by atoms with Crippen LogP contribution in [-0.4, -0.2) is 48.1 Å². The second-order valence-electron chi connectivity index (χ2n) is 7.82. The van der Waals surface area contributed by atoms with E-state index in [1.807, 2.05) is 18.3 Å². The lowest BCUT2D eigenvalue weighted by molar-refractivity contribution is 0.196. The van der Waals surface area contributed by atoms with Crippen LogP contribution in [0.15, 0.2) is 47.6 Å². The maximum Gasteiger partial charge on any atom is 0.191 e. The van der Waals surface area contributed by atoms with Crippen molar-refractivity contribution in [1.82, 2.24) is 20.5 Å². The molecule has 2 N–H and O–H groups in total. The number of benzene rings is 1. The highest BCUT2D eigenvalue weighted by Crippen LogP contribution is 2.44. The molecule has 2 heterocycles. The summed E-state index contributed by atoms with van der Waals surface area (Å²) in [7, 11) is 1.78. The van der Waals surface area contributed by atoms with Crippen molar-refractivity contribution in [1.29, 1.82) is 0 Å². The molecule has 1 aliphatic carbocycles. The van der Waals surface area contributed by atoms with E-state index in [2.05, 4.69) is 31.6 Å². The molecule has 5 nitrogen and oxygen atoms in total. The Hall–Kier alpha value is -2.18. The summed E-state index contributed by atoms with van der Waals surface area (Å²) >= 11 is 6.20. The van der Waals surface area contributed by atoms with Crippen LogP contribution in [0.2, 0.25) is 5.02 Å². The molecule has 2 atom stereocenters. The molecule has 7 heteroatoms. The number of rotatable bonds is 5. The second kappa shape index (κ2) is 9.09. The number of pyridine rings is 1. The van der Waals surface area contributed by atoms with E-state index >= 15 is 0 Å². The average Bonchev–Trinajstić information content (AvgIpc) is 3.48. The lowest BCUT2D eigenvalue weighted by Crippen LogP contribution is -2.49. The van der Waals surface area contributed by atoms with Crippen LogP contribution in [0.25, 0.3) is 0 Å². The van der Waals surface area contributed by atoms with Crippen molar-refractivity contribution in [3.63, 3.8) is 0 Å². The van der Waals surface area contributed by atoms with Gasteiger partial charge in [0.05, 0.1) is 5.69 Å². The van der Waals surface area contributed by atoms with Crippen LogP contribution in [0.1, 0.15) is 36.4 Å². The first-order valence-corrected chi connectivity index (χ1v) is 10.6. The zero-order chi connectivity index (χ0) is 20.2. The van der Waals surface area contributed by atoms with Crippen LogP contribution in [0.4, 0.5) is 4.39 Å². The topological polar surface area (TPSA) is 52.6 Å². The molecule has 2 fully saturated rings. The molecule has 1 aliphatic heterocycles. The van der Waals surface area contributed by atoms with Crippen LogP contribution in [-0.2, 0) is 6.54 Å². The third-order valence-corrected chi connectivity index (χ3v) is 6.08. The van der Waals surface area contributed by atoms with Crippen molar-refractivity contribution in [2.45, 2.75) is 43.8 Å². The van der Waals surface area contributed by atoms with Gasteiger partial charge in [-0.1, -0.05) is 23.7 Å². The first kappa shape index (κ1) is 20.1. The first-order valence-electron chi connectivity index (χ1n) is 10.2. The van der Waals surface area contributed by atoms with Gasteiger partial charge in [-0.25, -0.2) is 4.39 Å². The second-order valence-corrected chi connectivity index (χ2v) is 8.22. The highest BCUT2D eigenvalue weighted by Gasteiger charge is 2.42. The number of aliphatic imine (C=N–C) groups is 1. The molecule has 29 heavy (non-hydrogen) atoms. The molecule has 1 saturated carbocycles. The standard InChI is InChI=1S/C22H27ClFN5/c1-25-22(28-20-13-17(20)21-18(23)6-4-7-19(21)24)27-15-8-11-29(12-9-15)14-16-5-2-3-10-26-16/h2-7,10,15,17,20H,8-9,11-14H2,1H3,(H2,25,27,28). The van der Waals surface area contributed by atoms with Gasteiger partial charge in [0.2, 0.25) is 0 Å². The average molecular weight is 416 g/mol. The van der Waals surface area contributed by atoms with E-state index < -0.39 is 0 Å². The molecule has 1 aromatic carbocycles. The summed E-state index contributed by atoms with van der Waals surface area (Å²) < 4.78 is 14.1. The van der Waals surface area contributed by atoms with E-state index in [0.717, 1.165) is 50.6 Å². The Bertz CT molecular complexity index is 831. The molecule has 2 unspecified atom stereocenters. The normalized spacial score (nSPS) is 23.1. The van der Waals surface area contributed by atoms with Crippen molar-refractivity contribution >= 4 is 17.6 Å². The zero-order valence-electron chi connectivity index (χ0n) is 16.6. The summed E-state index contributed by atoms with van der Waals surface area (Å²) in [6, 6.07) is 11.5. The SMILES string of the molecule is CN=C(NC1CCN(Cc2ccccn2)CC1)NC1CC1c1c(F)cccc1Cl. The minimum Gasteiger partial charge on any atom is -0.354 e. The molecule has 1 saturated heterocycles. The molecule has 0 spiro atoms. The molecule has 0 amide bonds. The smallest absolute Gasteiger partial charge is 0.191 e. The first-order chi connectivity index (χ1) is 14.1. The van der Waals surface area contributed by atoms with E-state index in [0.29, 0.717) is 16.6 Å². The number of nitrogens with zero attached hydrogens (tertiary/aromatic N) is 3. The maximum atomic E-state index is 14.1. The number of hydrogen-bond donors (Lipinski definition) is 2. The number of aromatic nitrogens is 1. The number of piperidine rings is 1. The molecule has 4 rings (SSSR count). The van der Waals surface area contributed by atoms with Gasteiger partial charge in [0.25, 0.3) is 0 Å². The number of likely N-dealkylation sites (tertiary alicyclic amines) is 1. The van der Waals surface area contributed by atoms with E-state index in [9.17, 15) is 4.39 Å². The Morgan fingerprint density at radius 1 is 1.21 bits per heavy atom. The zero-order valence-corrected chi connectivity index (χ0v) is 17.4. The number of guanidine groups is 1. The lowest BCUT2D eigenvalue weighted by Gasteiger charge is -2.32. The third-order valence-electron chi connectivity index (χ3n) is 5.75. The Kier molecular flexibility index (Phi) is 6.31. The van der Waals surface area contributed by atoms with Gasteiger partial charge < -0.3 is 10.6 Å². The van der Waals surface area contributed by atoms with Crippen LogP contribution in [0.5, 0.6) is 0 Å². The Labute approximate surface area is 176 Å². The third kappa shape index (κ3) is 5.06. The fourth-order valence-corrected chi connectivity index (χ4v) is 4.34. The van der Waals surface area contributed by atoms with Gasteiger partial charge in [-0.15, -0.1) is 0 Å². The van der Waals surface area contributed by atoms with Crippen LogP contribution >= 0.6 is 11.6 Å². The summed E-state index contributed by atoms with van der Waals surface area (Å²) in [4.78, 5) is 11.2. The van der Waals surface area contributed by atoms with Crippen molar-refractivity contribution in [2.24, 2.45) is 4.99 Å². The predicted octanol–water partition coefficient (Wildman–Crippen LogP) is 3.56. The lowest BCUT2D eigenvalue weighted by atomic mass is 10.0. The van der Waals surface area contributed by atoms with E-state index in [-0.39, 0.29) is 17.8 Å². The van der Waals surface area contributed by atoms with Gasteiger partial charge in [0, 0.05) is 61.5 Å². The van der Waals surface area contributed by atoms with Crippen molar-refractivity contribution < 1.29 is 4.39 Å². The summed E-state index contributed by atoms with van der Waals surface area (Å²) in [5.74, 6) is 0.658. The van der Waals surface area contributed by atoms with Gasteiger partial charge in [0.1, 0.15) is 5.82 Å². The van der Waals surface area contributed by atoms with Crippen LogP contribution < -0.4 is 10.6 Å².